The first kappa shape index (κ1) is 15.1. The van der Waals surface area contributed by atoms with Crippen molar-refractivity contribution in [1.82, 2.24) is 0 Å². The van der Waals surface area contributed by atoms with E-state index in [-0.39, 0.29) is 11.7 Å². The third-order valence-corrected chi connectivity index (χ3v) is 4.93. The fourth-order valence-electron chi connectivity index (χ4n) is 2.44. The van der Waals surface area contributed by atoms with Crippen molar-refractivity contribution in [2.75, 3.05) is 11.1 Å². The molecule has 0 unspecified atom stereocenters. The van der Waals surface area contributed by atoms with Crippen LogP contribution in [0.15, 0.2) is 24.3 Å². The summed E-state index contributed by atoms with van der Waals surface area (Å²) in [4.78, 5) is 23.2. The molecule has 1 saturated carbocycles. The molecule has 2 rings (SSSR count). The maximum atomic E-state index is 11.9. The summed E-state index contributed by atoms with van der Waals surface area (Å²) in [6.07, 6.45) is 6.39. The molecule has 0 atom stereocenters. The number of benzene rings is 1. The Balaban J connectivity index is 1.81. The van der Waals surface area contributed by atoms with Gasteiger partial charge in [0, 0.05) is 16.5 Å². The Bertz CT molecular complexity index is 481. The number of anilines is 1. The highest BCUT2D eigenvalue weighted by molar-refractivity contribution is 8.00. The smallest absolute Gasteiger partial charge is 0.234 e. The summed E-state index contributed by atoms with van der Waals surface area (Å²) < 4.78 is 0. The van der Waals surface area contributed by atoms with Gasteiger partial charge in [-0.1, -0.05) is 31.4 Å². The highest BCUT2D eigenvalue weighted by atomic mass is 32.2. The fourth-order valence-corrected chi connectivity index (χ4v) is 3.56. The van der Waals surface area contributed by atoms with Gasteiger partial charge in [0.1, 0.15) is 0 Å². The molecule has 1 aliphatic carbocycles. The standard InChI is InChI=1S/C16H21NO2S/c1-12(18)13-6-5-7-14(10-13)17-16(19)11-20-15-8-3-2-4-9-15/h5-7,10,15H,2-4,8-9,11H2,1H3,(H,17,19). The molecule has 20 heavy (non-hydrogen) atoms. The van der Waals surface area contributed by atoms with Crippen LogP contribution in [0, 0.1) is 0 Å². The second-order valence-electron chi connectivity index (χ2n) is 5.26. The Hall–Kier alpha value is -1.29. The average molecular weight is 291 g/mol. The normalized spacial score (nSPS) is 15.8. The second-order valence-corrected chi connectivity index (χ2v) is 6.54. The molecular formula is C16H21NO2S. The van der Waals surface area contributed by atoms with Gasteiger partial charge < -0.3 is 5.32 Å². The number of carbonyl (C=O) groups excluding carboxylic acids is 2. The van der Waals surface area contributed by atoms with E-state index in [0.29, 0.717) is 22.3 Å². The number of amides is 1. The predicted molar refractivity (Wildman–Crippen MR) is 84.4 cm³/mol. The maximum absolute atomic E-state index is 11.9. The van der Waals surface area contributed by atoms with Crippen molar-refractivity contribution in [3.05, 3.63) is 29.8 Å². The summed E-state index contributed by atoms with van der Waals surface area (Å²) in [5.74, 6) is 0.522. The average Bonchev–Trinajstić information content (AvgIpc) is 2.46. The number of carbonyl (C=O) groups is 2. The molecule has 0 radical (unpaired) electrons. The van der Waals surface area contributed by atoms with E-state index in [4.69, 9.17) is 0 Å². The van der Waals surface area contributed by atoms with Crippen LogP contribution in [0.3, 0.4) is 0 Å². The lowest BCUT2D eigenvalue weighted by molar-refractivity contribution is -0.113. The molecule has 4 heteroatoms. The highest BCUT2D eigenvalue weighted by Crippen LogP contribution is 2.28. The summed E-state index contributed by atoms with van der Waals surface area (Å²) in [6, 6.07) is 7.09. The van der Waals surface area contributed by atoms with Crippen LogP contribution in [0.4, 0.5) is 5.69 Å². The van der Waals surface area contributed by atoms with Gasteiger partial charge in [-0.15, -0.1) is 11.8 Å². The van der Waals surface area contributed by atoms with E-state index >= 15 is 0 Å². The Morgan fingerprint density at radius 2 is 2.00 bits per heavy atom. The zero-order chi connectivity index (χ0) is 14.4. The Morgan fingerprint density at radius 1 is 1.25 bits per heavy atom. The zero-order valence-electron chi connectivity index (χ0n) is 11.9. The van der Waals surface area contributed by atoms with Crippen LogP contribution in [0.5, 0.6) is 0 Å². The SMILES string of the molecule is CC(=O)c1cccc(NC(=O)CSC2CCCCC2)c1. The molecule has 1 amide bonds. The molecule has 1 aliphatic rings. The predicted octanol–water partition coefficient (Wildman–Crippen LogP) is 3.89. The van der Waals surface area contributed by atoms with Crippen molar-refractivity contribution in [3.8, 4) is 0 Å². The largest absolute Gasteiger partial charge is 0.325 e. The number of hydrogen-bond acceptors (Lipinski definition) is 3. The van der Waals surface area contributed by atoms with Crippen LogP contribution in [-0.2, 0) is 4.79 Å². The lowest BCUT2D eigenvalue weighted by Gasteiger charge is -2.20. The molecule has 0 aromatic heterocycles. The zero-order valence-corrected chi connectivity index (χ0v) is 12.7. The van der Waals surface area contributed by atoms with Gasteiger partial charge in [0.05, 0.1) is 5.75 Å². The molecule has 108 valence electrons. The molecule has 0 bridgehead atoms. The molecule has 0 aliphatic heterocycles. The lowest BCUT2D eigenvalue weighted by atomic mass is 10.0. The maximum Gasteiger partial charge on any atom is 0.234 e. The summed E-state index contributed by atoms with van der Waals surface area (Å²) >= 11 is 1.76. The van der Waals surface area contributed by atoms with Gasteiger partial charge in [-0.25, -0.2) is 0 Å². The van der Waals surface area contributed by atoms with Gasteiger partial charge in [0.25, 0.3) is 0 Å². The van der Waals surface area contributed by atoms with Crippen molar-refractivity contribution in [2.24, 2.45) is 0 Å². The van der Waals surface area contributed by atoms with Crippen LogP contribution in [0.25, 0.3) is 0 Å². The van der Waals surface area contributed by atoms with E-state index in [0.717, 1.165) is 0 Å². The van der Waals surface area contributed by atoms with Crippen LogP contribution < -0.4 is 5.32 Å². The molecular weight excluding hydrogens is 270 g/mol. The van der Waals surface area contributed by atoms with E-state index in [1.165, 1.54) is 39.0 Å². The summed E-state index contributed by atoms with van der Waals surface area (Å²) in [7, 11) is 0. The second kappa shape index (κ2) is 7.48. The first-order chi connectivity index (χ1) is 9.65. The first-order valence-corrected chi connectivity index (χ1v) is 8.22. The lowest BCUT2D eigenvalue weighted by Crippen LogP contribution is -2.18. The minimum absolute atomic E-state index is 0.0117. The molecule has 3 nitrogen and oxygen atoms in total. The molecule has 1 aromatic carbocycles. The van der Waals surface area contributed by atoms with Crippen LogP contribution in [0.1, 0.15) is 49.4 Å². The first-order valence-electron chi connectivity index (χ1n) is 7.17. The van der Waals surface area contributed by atoms with Gasteiger partial charge in [-0.3, -0.25) is 9.59 Å². The van der Waals surface area contributed by atoms with E-state index in [1.54, 1.807) is 30.0 Å². The number of Topliss-reactive ketones (excluding diaryl/α,β-unsaturated/α-hetero) is 1. The highest BCUT2D eigenvalue weighted by Gasteiger charge is 2.15. The number of hydrogen-bond donors (Lipinski definition) is 1. The molecule has 0 heterocycles. The topological polar surface area (TPSA) is 46.2 Å². The van der Waals surface area contributed by atoms with Crippen LogP contribution in [-0.4, -0.2) is 22.7 Å². The Morgan fingerprint density at radius 3 is 2.70 bits per heavy atom. The minimum atomic E-state index is 0.0117. The molecule has 0 saturated heterocycles. The number of nitrogens with one attached hydrogen (secondary N) is 1. The molecule has 1 N–H and O–H groups in total. The molecule has 1 fully saturated rings. The monoisotopic (exact) mass is 291 g/mol. The number of rotatable bonds is 5. The van der Waals surface area contributed by atoms with E-state index in [9.17, 15) is 9.59 Å². The van der Waals surface area contributed by atoms with Gasteiger partial charge in [0.15, 0.2) is 5.78 Å². The van der Waals surface area contributed by atoms with Gasteiger partial charge in [0.2, 0.25) is 5.91 Å². The number of thioether (sulfide) groups is 1. The van der Waals surface area contributed by atoms with E-state index < -0.39 is 0 Å². The molecule has 0 spiro atoms. The third-order valence-electron chi connectivity index (χ3n) is 3.56. The fraction of sp³-hybridized carbons (Fsp3) is 0.500. The van der Waals surface area contributed by atoms with Gasteiger partial charge >= 0.3 is 0 Å². The van der Waals surface area contributed by atoms with Crippen LogP contribution >= 0.6 is 11.8 Å². The van der Waals surface area contributed by atoms with Crippen molar-refractivity contribution in [1.29, 1.82) is 0 Å². The van der Waals surface area contributed by atoms with Gasteiger partial charge in [-0.2, -0.15) is 0 Å². The Kier molecular flexibility index (Phi) is 5.65. The van der Waals surface area contributed by atoms with Crippen molar-refractivity contribution < 1.29 is 9.59 Å². The third kappa shape index (κ3) is 4.67. The van der Waals surface area contributed by atoms with E-state index in [1.807, 2.05) is 6.07 Å². The molecule has 1 aromatic rings. The Labute approximate surface area is 124 Å². The van der Waals surface area contributed by atoms with E-state index in [2.05, 4.69) is 5.32 Å². The van der Waals surface area contributed by atoms with Crippen molar-refractivity contribution in [2.45, 2.75) is 44.3 Å². The van der Waals surface area contributed by atoms with Crippen LogP contribution in [0.2, 0.25) is 0 Å². The summed E-state index contributed by atoms with van der Waals surface area (Å²) in [6.45, 7) is 1.53. The number of ketones is 1. The minimum Gasteiger partial charge on any atom is -0.325 e. The quantitative estimate of drug-likeness (QED) is 0.837. The van der Waals surface area contributed by atoms with Crippen molar-refractivity contribution in [3.63, 3.8) is 0 Å². The summed E-state index contributed by atoms with van der Waals surface area (Å²) in [5.41, 5.74) is 1.33. The van der Waals surface area contributed by atoms with Crippen molar-refractivity contribution >= 4 is 29.1 Å². The van der Waals surface area contributed by atoms with Gasteiger partial charge in [-0.05, 0) is 31.9 Å². The summed E-state index contributed by atoms with van der Waals surface area (Å²) in [5, 5.41) is 3.50.